The third-order valence-electron chi connectivity index (χ3n) is 6.46. The number of rotatable bonds is 7. The number of hydrogen-bond acceptors (Lipinski definition) is 3. The number of nitrogens with one attached hydrogen (secondary N) is 1. The van der Waals surface area contributed by atoms with E-state index < -0.39 is 0 Å². The highest BCUT2D eigenvalue weighted by Crippen LogP contribution is 2.40. The third-order valence-corrected chi connectivity index (χ3v) is 6.95. The molecule has 1 N–H and O–H groups in total. The molecule has 0 bridgehead atoms. The van der Waals surface area contributed by atoms with Crippen LogP contribution in [0, 0.1) is 5.82 Å². The van der Waals surface area contributed by atoms with Crippen molar-refractivity contribution in [3.05, 3.63) is 93.6 Å². The molecule has 2 aromatic heterocycles. The lowest BCUT2D eigenvalue weighted by Gasteiger charge is -2.11. The zero-order valence-corrected chi connectivity index (χ0v) is 21.3. The molecule has 0 atom stereocenters. The van der Waals surface area contributed by atoms with E-state index >= 15 is 0 Å². The summed E-state index contributed by atoms with van der Waals surface area (Å²) in [7, 11) is 0. The quantitative estimate of drug-likeness (QED) is 0.292. The summed E-state index contributed by atoms with van der Waals surface area (Å²) in [6.07, 6.45) is 6.74. The van der Waals surface area contributed by atoms with Crippen LogP contribution in [0.3, 0.4) is 0 Å². The average molecular weight is 533 g/mol. The van der Waals surface area contributed by atoms with Gasteiger partial charge in [-0.2, -0.15) is 0 Å². The summed E-state index contributed by atoms with van der Waals surface area (Å²) in [4.78, 5) is 22.1. The van der Waals surface area contributed by atoms with E-state index in [9.17, 15) is 9.18 Å². The Hall–Kier alpha value is -3.32. The number of benzene rings is 2. The minimum Gasteiger partial charge on any atom is -0.350 e. The van der Waals surface area contributed by atoms with Crippen molar-refractivity contribution in [1.29, 1.82) is 0 Å². The molecule has 5 nitrogen and oxygen atoms in total. The Kier molecular flexibility index (Phi) is 6.52. The molecule has 0 saturated heterocycles. The van der Waals surface area contributed by atoms with Gasteiger partial charge in [-0.05, 0) is 80.0 Å². The van der Waals surface area contributed by atoms with Gasteiger partial charge in [-0.1, -0.05) is 46.3 Å². The van der Waals surface area contributed by atoms with Crippen LogP contribution in [0.4, 0.5) is 4.39 Å². The first-order chi connectivity index (χ1) is 16.9. The molecular weight excluding hydrogens is 507 g/mol. The first-order valence-electron chi connectivity index (χ1n) is 11.8. The number of hydrogen-bond donors (Lipinski definition) is 1. The number of carbonyl (C=O) groups is 1. The molecule has 1 amide bonds. The van der Waals surface area contributed by atoms with Crippen molar-refractivity contribution in [2.45, 2.75) is 39.0 Å². The van der Waals surface area contributed by atoms with Gasteiger partial charge in [-0.15, -0.1) is 0 Å². The summed E-state index contributed by atoms with van der Waals surface area (Å²) in [5.41, 5.74) is 5.84. The molecule has 1 saturated carbocycles. The zero-order chi connectivity index (χ0) is 24.5. The second kappa shape index (κ2) is 9.74. The van der Waals surface area contributed by atoms with Gasteiger partial charge < -0.3 is 5.32 Å². The highest BCUT2D eigenvalue weighted by atomic mass is 79.9. The van der Waals surface area contributed by atoms with Crippen molar-refractivity contribution < 1.29 is 9.18 Å². The maximum atomic E-state index is 14.6. The van der Waals surface area contributed by atoms with Gasteiger partial charge in [-0.3, -0.25) is 9.20 Å². The standard InChI is InChI=1S/C28H26BrFN4O/c1-3-17(2)21-7-5-4-6-18(21)12-13-31-27(35)24-15-26(19-8-9-19)34-16-25(33-28(34)32-24)22-11-10-20(29)14-23(22)30/h3-7,10-11,14-16,19H,8-9,12-13H2,1-2H3,(H,31,35)/b17-3-. The average Bonchev–Trinajstić information content (AvgIpc) is 3.61. The van der Waals surface area contributed by atoms with Crippen LogP contribution in [0.15, 0.2) is 65.3 Å². The number of amides is 1. The van der Waals surface area contributed by atoms with Crippen molar-refractivity contribution in [2.24, 2.45) is 0 Å². The van der Waals surface area contributed by atoms with E-state index in [1.165, 1.54) is 22.8 Å². The Balaban J connectivity index is 1.39. The minimum atomic E-state index is -0.359. The zero-order valence-electron chi connectivity index (χ0n) is 19.7. The van der Waals surface area contributed by atoms with Gasteiger partial charge in [0.2, 0.25) is 5.78 Å². The molecule has 178 valence electrons. The summed E-state index contributed by atoms with van der Waals surface area (Å²) in [6.45, 7) is 4.62. The molecule has 7 heteroatoms. The largest absolute Gasteiger partial charge is 0.350 e. The lowest BCUT2D eigenvalue weighted by Crippen LogP contribution is -2.27. The van der Waals surface area contributed by atoms with Gasteiger partial charge >= 0.3 is 0 Å². The van der Waals surface area contributed by atoms with Gasteiger partial charge in [0.15, 0.2) is 0 Å². The Morgan fingerprint density at radius 2 is 2.00 bits per heavy atom. The van der Waals surface area contributed by atoms with Gasteiger partial charge in [0, 0.05) is 28.5 Å². The predicted octanol–water partition coefficient (Wildman–Crippen LogP) is 6.57. The van der Waals surface area contributed by atoms with Crippen molar-refractivity contribution in [3.8, 4) is 11.3 Å². The highest BCUT2D eigenvalue weighted by molar-refractivity contribution is 9.10. The van der Waals surface area contributed by atoms with Gasteiger partial charge in [0.05, 0.1) is 5.69 Å². The first-order valence-corrected chi connectivity index (χ1v) is 12.6. The minimum absolute atomic E-state index is 0.228. The van der Waals surface area contributed by atoms with Gasteiger partial charge in [-0.25, -0.2) is 14.4 Å². The molecule has 1 aliphatic carbocycles. The fourth-order valence-corrected chi connectivity index (χ4v) is 4.64. The Bertz CT molecular complexity index is 1450. The smallest absolute Gasteiger partial charge is 0.270 e. The van der Waals surface area contributed by atoms with E-state index in [0.29, 0.717) is 39.7 Å². The number of nitrogens with zero attached hydrogens (tertiary/aromatic N) is 3. The van der Waals surface area contributed by atoms with E-state index in [2.05, 4.69) is 56.3 Å². The molecule has 0 radical (unpaired) electrons. The van der Waals surface area contributed by atoms with Crippen LogP contribution in [-0.4, -0.2) is 26.8 Å². The van der Waals surface area contributed by atoms with Crippen LogP contribution in [0.2, 0.25) is 0 Å². The van der Waals surface area contributed by atoms with Gasteiger partial charge in [0.25, 0.3) is 5.91 Å². The van der Waals surface area contributed by atoms with Crippen molar-refractivity contribution in [1.82, 2.24) is 19.7 Å². The molecule has 1 fully saturated rings. The number of carbonyl (C=O) groups excluding carboxylic acids is 1. The van der Waals surface area contributed by atoms with Crippen molar-refractivity contribution >= 4 is 33.2 Å². The van der Waals surface area contributed by atoms with Crippen LogP contribution in [0.1, 0.15) is 59.9 Å². The van der Waals surface area contributed by atoms with Crippen LogP contribution in [0.25, 0.3) is 22.6 Å². The highest BCUT2D eigenvalue weighted by Gasteiger charge is 2.28. The van der Waals surface area contributed by atoms with Crippen LogP contribution < -0.4 is 5.32 Å². The van der Waals surface area contributed by atoms with E-state index in [1.54, 1.807) is 12.1 Å². The molecule has 1 aliphatic rings. The molecule has 0 unspecified atom stereocenters. The van der Waals surface area contributed by atoms with E-state index in [4.69, 9.17) is 0 Å². The monoisotopic (exact) mass is 532 g/mol. The number of imidazole rings is 1. The third kappa shape index (κ3) is 4.91. The fraction of sp³-hybridized carbons (Fsp3) is 0.250. The number of halogens is 2. The van der Waals surface area contributed by atoms with E-state index in [1.807, 2.05) is 35.7 Å². The lowest BCUT2D eigenvalue weighted by molar-refractivity contribution is 0.0949. The lowest BCUT2D eigenvalue weighted by atomic mass is 9.98. The Labute approximate surface area is 212 Å². The summed E-state index contributed by atoms with van der Waals surface area (Å²) >= 11 is 3.29. The summed E-state index contributed by atoms with van der Waals surface area (Å²) < 4.78 is 17.1. The molecule has 2 aromatic carbocycles. The second-order valence-electron chi connectivity index (χ2n) is 8.90. The molecule has 35 heavy (non-hydrogen) atoms. The number of fused-ring (bicyclic) bond motifs is 1. The number of aromatic nitrogens is 3. The molecule has 4 aromatic rings. The van der Waals surface area contributed by atoms with Crippen molar-refractivity contribution in [3.63, 3.8) is 0 Å². The van der Waals surface area contributed by atoms with Crippen LogP contribution >= 0.6 is 15.9 Å². The summed E-state index contributed by atoms with van der Waals surface area (Å²) in [5.74, 6) is 0.182. The maximum absolute atomic E-state index is 14.6. The molecular formula is C28H26BrFN4O. The first kappa shape index (κ1) is 23.4. The van der Waals surface area contributed by atoms with Crippen LogP contribution in [0.5, 0.6) is 0 Å². The molecule has 0 aliphatic heterocycles. The van der Waals surface area contributed by atoms with E-state index in [-0.39, 0.29) is 11.7 Å². The normalized spacial score (nSPS) is 13.9. The predicted molar refractivity (Wildman–Crippen MR) is 140 cm³/mol. The molecule has 0 spiro atoms. The Morgan fingerprint density at radius 1 is 1.20 bits per heavy atom. The molecule has 5 rings (SSSR count). The fourth-order valence-electron chi connectivity index (χ4n) is 4.31. The molecule has 2 heterocycles. The summed E-state index contributed by atoms with van der Waals surface area (Å²) in [5, 5.41) is 3.01. The summed E-state index contributed by atoms with van der Waals surface area (Å²) in [6, 6.07) is 15.0. The van der Waals surface area contributed by atoms with Crippen molar-refractivity contribution in [2.75, 3.05) is 6.54 Å². The SMILES string of the molecule is C/C=C(/C)c1ccccc1CCNC(=O)c1cc(C2CC2)n2cc(-c3ccc(Br)cc3F)nc2n1. The number of allylic oxidation sites excluding steroid dienone is 2. The topological polar surface area (TPSA) is 59.3 Å². The van der Waals surface area contributed by atoms with Crippen LogP contribution in [-0.2, 0) is 6.42 Å². The maximum Gasteiger partial charge on any atom is 0.270 e. The van der Waals surface area contributed by atoms with E-state index in [0.717, 1.165) is 25.0 Å². The van der Waals surface area contributed by atoms with Gasteiger partial charge in [0.1, 0.15) is 11.5 Å². The second-order valence-corrected chi connectivity index (χ2v) is 9.81. The Morgan fingerprint density at radius 3 is 2.74 bits per heavy atom.